The van der Waals surface area contributed by atoms with E-state index in [0.29, 0.717) is 15.6 Å². The summed E-state index contributed by atoms with van der Waals surface area (Å²) in [6.07, 6.45) is 0. The molecule has 1 atom stereocenters. The Morgan fingerprint density at radius 1 is 1.20 bits per heavy atom. The van der Waals surface area contributed by atoms with E-state index in [1.807, 2.05) is 30.0 Å². The molecule has 1 amide bonds. The maximum Gasteiger partial charge on any atom is 0.255 e. The summed E-state index contributed by atoms with van der Waals surface area (Å²) in [4.78, 5) is 19.5. The molecule has 0 bridgehead atoms. The number of rotatable bonds is 3. The summed E-state index contributed by atoms with van der Waals surface area (Å²) in [6.45, 7) is 1.97. The normalized spacial score (nSPS) is 18.9. The van der Waals surface area contributed by atoms with Gasteiger partial charge in [-0.1, -0.05) is 47.1 Å². The fourth-order valence-corrected chi connectivity index (χ4v) is 4.29. The Morgan fingerprint density at radius 2 is 2.08 bits per heavy atom. The highest BCUT2D eigenvalue weighted by Gasteiger charge is 2.30. The third-order valence-corrected chi connectivity index (χ3v) is 5.98. The van der Waals surface area contributed by atoms with Crippen LogP contribution in [0.2, 0.25) is 10.0 Å². The van der Waals surface area contributed by atoms with Gasteiger partial charge in [0.15, 0.2) is 5.17 Å². The van der Waals surface area contributed by atoms with Crippen molar-refractivity contribution in [3.05, 3.63) is 63.6 Å². The summed E-state index contributed by atoms with van der Waals surface area (Å²) >= 11 is 13.7. The minimum atomic E-state index is -0.218. The van der Waals surface area contributed by atoms with Crippen LogP contribution in [0.4, 0.5) is 5.69 Å². The summed E-state index contributed by atoms with van der Waals surface area (Å²) in [5, 5.41) is 4.84. The number of fused-ring (bicyclic) bond motifs is 1. The highest BCUT2D eigenvalue weighted by molar-refractivity contribution is 8.14. The monoisotopic (exact) mass is 391 g/mol. The summed E-state index contributed by atoms with van der Waals surface area (Å²) in [5.41, 5.74) is 2.32. The molecule has 2 aliphatic heterocycles. The SMILES string of the molecule is O=C(Nc1cccc(C2CN3CCSC3=N2)c1)c1ccc(Cl)c(Cl)c1. The number of carbonyl (C=O) groups is 1. The maximum absolute atomic E-state index is 12.4. The molecule has 0 spiro atoms. The van der Waals surface area contributed by atoms with Crippen molar-refractivity contribution in [2.45, 2.75) is 6.04 Å². The molecule has 0 aliphatic carbocycles. The van der Waals surface area contributed by atoms with Crippen LogP contribution in [-0.4, -0.2) is 34.8 Å². The fraction of sp³-hybridized carbons (Fsp3) is 0.222. The number of nitrogens with one attached hydrogen (secondary N) is 1. The van der Waals surface area contributed by atoms with Gasteiger partial charge < -0.3 is 10.2 Å². The van der Waals surface area contributed by atoms with E-state index in [1.54, 1.807) is 18.2 Å². The summed E-state index contributed by atoms with van der Waals surface area (Å²) in [6, 6.07) is 12.8. The minimum Gasteiger partial charge on any atom is -0.348 e. The third kappa shape index (κ3) is 3.50. The number of thioether (sulfide) groups is 1. The molecule has 2 aromatic carbocycles. The topological polar surface area (TPSA) is 44.7 Å². The van der Waals surface area contributed by atoms with Crippen molar-refractivity contribution in [3.63, 3.8) is 0 Å². The van der Waals surface area contributed by atoms with Crippen molar-refractivity contribution in [1.29, 1.82) is 0 Å². The second-order valence-electron chi connectivity index (χ2n) is 5.93. The van der Waals surface area contributed by atoms with Crippen LogP contribution in [0.3, 0.4) is 0 Å². The number of carbonyl (C=O) groups excluding carboxylic acids is 1. The van der Waals surface area contributed by atoms with Crippen LogP contribution in [0.5, 0.6) is 0 Å². The van der Waals surface area contributed by atoms with E-state index in [4.69, 9.17) is 28.2 Å². The lowest BCUT2D eigenvalue weighted by atomic mass is 10.1. The number of amides is 1. The van der Waals surface area contributed by atoms with Gasteiger partial charge >= 0.3 is 0 Å². The van der Waals surface area contributed by atoms with Crippen LogP contribution in [0, 0.1) is 0 Å². The largest absolute Gasteiger partial charge is 0.348 e. The molecule has 1 unspecified atom stereocenters. The second-order valence-corrected chi connectivity index (χ2v) is 7.81. The average molecular weight is 392 g/mol. The number of hydrogen-bond acceptors (Lipinski definition) is 4. The lowest BCUT2D eigenvalue weighted by molar-refractivity contribution is 0.102. The van der Waals surface area contributed by atoms with E-state index in [-0.39, 0.29) is 11.9 Å². The van der Waals surface area contributed by atoms with Crippen LogP contribution < -0.4 is 5.32 Å². The summed E-state index contributed by atoms with van der Waals surface area (Å²) in [7, 11) is 0. The lowest BCUT2D eigenvalue weighted by Crippen LogP contribution is -2.21. The van der Waals surface area contributed by atoms with E-state index < -0.39 is 0 Å². The molecule has 2 aromatic rings. The van der Waals surface area contributed by atoms with Gasteiger partial charge in [-0.25, -0.2) is 0 Å². The molecular formula is C18H15Cl2N3OS. The fourth-order valence-electron chi connectivity index (χ4n) is 2.95. The van der Waals surface area contributed by atoms with E-state index >= 15 is 0 Å². The van der Waals surface area contributed by atoms with Crippen LogP contribution in [-0.2, 0) is 0 Å². The molecule has 1 fully saturated rings. The zero-order valence-corrected chi connectivity index (χ0v) is 15.5. The highest BCUT2D eigenvalue weighted by Crippen LogP contribution is 2.33. The van der Waals surface area contributed by atoms with Gasteiger partial charge in [0.05, 0.1) is 16.1 Å². The van der Waals surface area contributed by atoms with Gasteiger partial charge in [0, 0.05) is 30.1 Å². The zero-order chi connectivity index (χ0) is 17.4. The first-order valence-corrected chi connectivity index (χ1v) is 9.66. The van der Waals surface area contributed by atoms with E-state index in [1.165, 1.54) is 0 Å². The van der Waals surface area contributed by atoms with E-state index in [0.717, 1.165) is 35.3 Å². The Hall–Kier alpha value is -1.69. The average Bonchev–Trinajstić information content (AvgIpc) is 3.19. The molecule has 0 saturated carbocycles. The van der Waals surface area contributed by atoms with Gasteiger partial charge in [0.25, 0.3) is 5.91 Å². The summed E-state index contributed by atoms with van der Waals surface area (Å²) < 4.78 is 0. The minimum absolute atomic E-state index is 0.129. The van der Waals surface area contributed by atoms with Crippen LogP contribution in [0.25, 0.3) is 0 Å². The van der Waals surface area contributed by atoms with E-state index in [9.17, 15) is 4.79 Å². The molecule has 1 saturated heterocycles. The molecule has 4 rings (SSSR count). The van der Waals surface area contributed by atoms with Crippen LogP contribution in [0.1, 0.15) is 22.0 Å². The van der Waals surface area contributed by atoms with Gasteiger partial charge in [-0.05, 0) is 35.9 Å². The molecule has 0 aromatic heterocycles. The standard InChI is InChI=1S/C18H15Cl2N3OS/c19-14-5-4-12(9-15(14)20)17(24)21-13-3-1-2-11(8-13)16-10-23-6-7-25-18(23)22-16/h1-5,8-9,16H,6-7,10H2,(H,21,24). The quantitative estimate of drug-likeness (QED) is 0.823. The van der Waals surface area contributed by atoms with Gasteiger partial charge in [-0.15, -0.1) is 0 Å². The number of aliphatic imine (C=N–C) groups is 1. The lowest BCUT2D eigenvalue weighted by Gasteiger charge is -2.14. The molecule has 2 aliphatic rings. The number of benzene rings is 2. The number of hydrogen-bond donors (Lipinski definition) is 1. The summed E-state index contributed by atoms with van der Waals surface area (Å²) in [5.74, 6) is 0.898. The Kier molecular flexibility index (Phi) is 4.63. The van der Waals surface area contributed by atoms with Crippen molar-refractivity contribution >= 4 is 51.7 Å². The molecule has 4 nitrogen and oxygen atoms in total. The molecule has 25 heavy (non-hydrogen) atoms. The Morgan fingerprint density at radius 3 is 2.88 bits per heavy atom. The molecule has 1 N–H and O–H groups in total. The van der Waals surface area contributed by atoms with Crippen molar-refractivity contribution in [1.82, 2.24) is 4.90 Å². The van der Waals surface area contributed by atoms with Crippen molar-refractivity contribution in [2.75, 3.05) is 24.2 Å². The zero-order valence-electron chi connectivity index (χ0n) is 13.2. The highest BCUT2D eigenvalue weighted by atomic mass is 35.5. The molecule has 0 radical (unpaired) electrons. The van der Waals surface area contributed by atoms with Crippen molar-refractivity contribution < 1.29 is 4.79 Å². The Labute approximate surface area is 160 Å². The Bertz CT molecular complexity index is 871. The third-order valence-electron chi connectivity index (χ3n) is 4.23. The number of amidine groups is 1. The van der Waals surface area contributed by atoms with Gasteiger partial charge in [-0.3, -0.25) is 9.79 Å². The predicted octanol–water partition coefficient (Wildman–Crippen LogP) is 4.71. The first-order chi connectivity index (χ1) is 12.1. The number of nitrogens with zero attached hydrogens (tertiary/aromatic N) is 2. The second kappa shape index (κ2) is 6.90. The van der Waals surface area contributed by atoms with Gasteiger partial charge in [0.1, 0.15) is 0 Å². The van der Waals surface area contributed by atoms with Crippen LogP contribution >= 0.6 is 35.0 Å². The molecular weight excluding hydrogens is 377 g/mol. The maximum atomic E-state index is 12.4. The first-order valence-electron chi connectivity index (χ1n) is 7.92. The van der Waals surface area contributed by atoms with Crippen LogP contribution in [0.15, 0.2) is 47.5 Å². The molecule has 128 valence electrons. The van der Waals surface area contributed by atoms with Gasteiger partial charge in [0.2, 0.25) is 0 Å². The van der Waals surface area contributed by atoms with Gasteiger partial charge in [-0.2, -0.15) is 0 Å². The first kappa shape index (κ1) is 16.8. The smallest absolute Gasteiger partial charge is 0.255 e. The Balaban J connectivity index is 1.51. The van der Waals surface area contributed by atoms with E-state index in [2.05, 4.69) is 16.3 Å². The molecule has 7 heteroatoms. The van der Waals surface area contributed by atoms with Crippen molar-refractivity contribution in [2.24, 2.45) is 4.99 Å². The number of anilines is 1. The predicted molar refractivity (Wildman–Crippen MR) is 105 cm³/mol. The molecule has 2 heterocycles. The number of halogens is 2. The van der Waals surface area contributed by atoms with Crippen molar-refractivity contribution in [3.8, 4) is 0 Å².